The number of rotatable bonds is 7. The van der Waals surface area contributed by atoms with E-state index in [1.54, 1.807) is 13.3 Å². The van der Waals surface area contributed by atoms with Crippen molar-refractivity contribution in [1.29, 1.82) is 0 Å². The van der Waals surface area contributed by atoms with Gasteiger partial charge in [-0.3, -0.25) is 9.55 Å². The Morgan fingerprint density at radius 2 is 1.97 bits per heavy atom. The van der Waals surface area contributed by atoms with Gasteiger partial charge in [-0.05, 0) is 48.6 Å². The van der Waals surface area contributed by atoms with E-state index in [2.05, 4.69) is 28.6 Å². The number of ether oxygens (including phenoxy) is 1. The van der Waals surface area contributed by atoms with Gasteiger partial charge in [0.25, 0.3) is 0 Å². The van der Waals surface area contributed by atoms with E-state index in [1.165, 1.54) is 10.6 Å². The molecule has 0 spiro atoms. The van der Waals surface area contributed by atoms with Gasteiger partial charge in [0, 0.05) is 30.2 Å². The maximum Gasteiger partial charge on any atom is 0.203 e. The number of piperazine rings is 1. The molecule has 1 saturated heterocycles. The number of aromatic nitrogens is 4. The number of pyridine rings is 1. The number of nitrogens with zero attached hydrogens (tertiary/aromatic N) is 5. The topological polar surface area (TPSA) is 52.5 Å². The molecule has 2 aromatic heterocycles. The van der Waals surface area contributed by atoms with Crippen molar-refractivity contribution < 1.29 is 9.64 Å². The Kier molecular flexibility index (Phi) is 6.25. The van der Waals surface area contributed by atoms with Crippen LogP contribution in [0, 0.1) is 4.77 Å². The normalized spacial score (nSPS) is 14.6. The summed E-state index contributed by atoms with van der Waals surface area (Å²) in [4.78, 5) is 8.11. The van der Waals surface area contributed by atoms with Crippen LogP contribution in [0.25, 0.3) is 11.4 Å². The second-order valence-electron chi connectivity index (χ2n) is 7.34. The Morgan fingerprint density at radius 3 is 2.60 bits per heavy atom. The third kappa shape index (κ3) is 4.29. The summed E-state index contributed by atoms with van der Waals surface area (Å²) in [6, 6.07) is 12.2. The Labute approximate surface area is 181 Å². The van der Waals surface area contributed by atoms with Crippen molar-refractivity contribution >= 4 is 17.9 Å². The molecule has 8 heteroatoms. The SMILES string of the molecule is C=CCn1c(-c2cccnc2)nn(C[NH+]2CCN(c3ccc(OC)cc3)CC2)c1=S. The van der Waals surface area contributed by atoms with Gasteiger partial charge in [0.2, 0.25) is 4.77 Å². The van der Waals surface area contributed by atoms with Gasteiger partial charge in [-0.25, -0.2) is 0 Å². The van der Waals surface area contributed by atoms with Gasteiger partial charge in [-0.15, -0.1) is 11.7 Å². The zero-order chi connectivity index (χ0) is 20.9. The zero-order valence-electron chi connectivity index (χ0n) is 17.2. The molecule has 3 heterocycles. The van der Waals surface area contributed by atoms with Crippen LogP contribution in [-0.4, -0.2) is 52.6 Å². The molecule has 1 aliphatic rings. The molecule has 4 rings (SSSR count). The van der Waals surface area contributed by atoms with Gasteiger partial charge in [-0.1, -0.05) is 6.08 Å². The third-order valence-corrected chi connectivity index (χ3v) is 5.87. The molecule has 0 bridgehead atoms. The van der Waals surface area contributed by atoms with Crippen molar-refractivity contribution in [2.75, 3.05) is 38.2 Å². The fourth-order valence-electron chi connectivity index (χ4n) is 3.79. The van der Waals surface area contributed by atoms with E-state index in [0.717, 1.165) is 54.8 Å². The second-order valence-corrected chi connectivity index (χ2v) is 7.71. The van der Waals surface area contributed by atoms with Gasteiger partial charge >= 0.3 is 0 Å². The van der Waals surface area contributed by atoms with Crippen LogP contribution in [0.15, 0.2) is 61.4 Å². The number of anilines is 1. The van der Waals surface area contributed by atoms with Crippen molar-refractivity contribution in [2.45, 2.75) is 13.2 Å². The number of methoxy groups -OCH3 is 1. The van der Waals surface area contributed by atoms with Crippen LogP contribution in [0.1, 0.15) is 0 Å². The summed E-state index contributed by atoms with van der Waals surface area (Å²) in [5.74, 6) is 1.72. The Morgan fingerprint density at radius 1 is 1.20 bits per heavy atom. The molecule has 30 heavy (non-hydrogen) atoms. The van der Waals surface area contributed by atoms with Crippen molar-refractivity contribution in [3.8, 4) is 17.1 Å². The van der Waals surface area contributed by atoms with Crippen LogP contribution in [0.3, 0.4) is 0 Å². The largest absolute Gasteiger partial charge is 0.497 e. The lowest BCUT2D eigenvalue weighted by atomic mass is 10.2. The Hall–Kier alpha value is -2.97. The molecule has 7 nitrogen and oxygen atoms in total. The first-order valence-corrected chi connectivity index (χ1v) is 10.5. The third-order valence-electron chi connectivity index (χ3n) is 5.44. The van der Waals surface area contributed by atoms with Crippen LogP contribution in [-0.2, 0) is 13.2 Å². The van der Waals surface area contributed by atoms with Crippen molar-refractivity contribution in [3.05, 3.63) is 66.2 Å². The summed E-state index contributed by atoms with van der Waals surface area (Å²) in [6.07, 6.45) is 5.43. The molecular formula is C22H27N6OS+. The summed E-state index contributed by atoms with van der Waals surface area (Å²) in [6.45, 7) is 9.31. The quantitative estimate of drug-likeness (QED) is 0.466. The first kappa shape index (κ1) is 20.3. The van der Waals surface area contributed by atoms with Crippen molar-refractivity contribution in [2.24, 2.45) is 0 Å². The molecule has 3 aromatic rings. The van der Waals surface area contributed by atoms with E-state index in [4.69, 9.17) is 22.1 Å². The second kappa shape index (κ2) is 9.23. The fourth-order valence-corrected chi connectivity index (χ4v) is 4.06. The molecule has 0 amide bonds. The van der Waals surface area contributed by atoms with Gasteiger partial charge in [0.05, 0.1) is 33.3 Å². The lowest BCUT2D eigenvalue weighted by Crippen LogP contribution is -3.14. The molecule has 0 radical (unpaired) electrons. The maximum atomic E-state index is 5.73. The van der Waals surface area contributed by atoms with E-state index in [9.17, 15) is 0 Å². The van der Waals surface area contributed by atoms with Crippen LogP contribution < -0.4 is 14.5 Å². The molecule has 1 aliphatic heterocycles. The summed E-state index contributed by atoms with van der Waals surface area (Å²) in [5, 5.41) is 4.83. The summed E-state index contributed by atoms with van der Waals surface area (Å²) < 4.78 is 9.94. The van der Waals surface area contributed by atoms with Crippen LogP contribution in [0.4, 0.5) is 5.69 Å². The first-order chi connectivity index (χ1) is 14.7. The molecule has 0 unspecified atom stereocenters. The van der Waals surface area contributed by atoms with Gasteiger partial charge in [0.1, 0.15) is 5.75 Å². The highest BCUT2D eigenvalue weighted by atomic mass is 32.1. The number of allylic oxidation sites excluding steroid dienone is 1. The monoisotopic (exact) mass is 423 g/mol. The molecule has 0 atom stereocenters. The molecular weight excluding hydrogens is 396 g/mol. The zero-order valence-corrected chi connectivity index (χ0v) is 18.0. The standard InChI is InChI=1S/C22H26N6OS/c1-3-11-27-21(18-5-4-10-23-16-18)24-28(22(27)30)17-25-12-14-26(15-13-25)19-6-8-20(29-2)9-7-19/h3-10,16H,1,11-15,17H2,2H3/p+1. The average molecular weight is 424 g/mol. The molecule has 156 valence electrons. The number of benzene rings is 1. The Bertz CT molecular complexity index is 1040. The van der Waals surface area contributed by atoms with E-state index >= 15 is 0 Å². The van der Waals surface area contributed by atoms with E-state index in [-0.39, 0.29) is 0 Å². The number of nitrogens with one attached hydrogen (secondary N) is 1. The number of quaternary nitrogens is 1. The van der Waals surface area contributed by atoms with Crippen molar-refractivity contribution in [3.63, 3.8) is 0 Å². The first-order valence-electron chi connectivity index (χ1n) is 10.1. The molecule has 0 saturated carbocycles. The smallest absolute Gasteiger partial charge is 0.203 e. The highest BCUT2D eigenvalue weighted by Gasteiger charge is 2.22. The van der Waals surface area contributed by atoms with Crippen LogP contribution >= 0.6 is 12.2 Å². The minimum Gasteiger partial charge on any atom is -0.497 e. The molecule has 1 aromatic carbocycles. The lowest BCUT2D eigenvalue weighted by molar-refractivity contribution is -0.924. The average Bonchev–Trinajstić information content (AvgIpc) is 3.10. The Balaban J connectivity index is 1.46. The van der Waals surface area contributed by atoms with E-state index < -0.39 is 0 Å². The number of hydrogen-bond donors (Lipinski definition) is 1. The highest BCUT2D eigenvalue weighted by molar-refractivity contribution is 7.71. The lowest BCUT2D eigenvalue weighted by Gasteiger charge is -2.33. The molecule has 0 aliphatic carbocycles. The summed E-state index contributed by atoms with van der Waals surface area (Å²) in [7, 11) is 1.69. The van der Waals surface area contributed by atoms with Crippen molar-refractivity contribution in [1.82, 2.24) is 19.3 Å². The van der Waals surface area contributed by atoms with Crippen LogP contribution in [0.2, 0.25) is 0 Å². The van der Waals surface area contributed by atoms with Gasteiger partial charge in [-0.2, -0.15) is 4.68 Å². The predicted molar refractivity (Wildman–Crippen MR) is 120 cm³/mol. The molecule has 1 fully saturated rings. The fraction of sp³-hybridized carbons (Fsp3) is 0.318. The summed E-state index contributed by atoms with van der Waals surface area (Å²) >= 11 is 5.73. The highest BCUT2D eigenvalue weighted by Crippen LogP contribution is 2.19. The minimum atomic E-state index is 0.629. The molecule has 1 N–H and O–H groups in total. The van der Waals surface area contributed by atoms with E-state index in [1.807, 2.05) is 45.8 Å². The van der Waals surface area contributed by atoms with Crippen LogP contribution in [0.5, 0.6) is 5.75 Å². The van der Waals surface area contributed by atoms with E-state index in [0.29, 0.717) is 6.54 Å². The predicted octanol–water partition coefficient (Wildman–Crippen LogP) is 2.03. The van der Waals surface area contributed by atoms with Gasteiger partial charge in [0.15, 0.2) is 12.5 Å². The maximum absolute atomic E-state index is 5.73. The minimum absolute atomic E-state index is 0.629. The summed E-state index contributed by atoms with van der Waals surface area (Å²) in [5.41, 5.74) is 2.20. The van der Waals surface area contributed by atoms with Gasteiger partial charge < -0.3 is 14.5 Å². The number of hydrogen-bond acceptors (Lipinski definition) is 5.